The number of methoxy groups -OCH3 is 1. The van der Waals surface area contributed by atoms with E-state index in [0.29, 0.717) is 40.0 Å². The van der Waals surface area contributed by atoms with E-state index in [1.807, 2.05) is 50.1 Å². The Morgan fingerprint density at radius 1 is 1.02 bits per heavy atom. The van der Waals surface area contributed by atoms with Gasteiger partial charge in [-0.25, -0.2) is 4.98 Å². The summed E-state index contributed by atoms with van der Waals surface area (Å²) >= 11 is 6.58. The average Bonchev–Trinajstić information content (AvgIpc) is 3.72. The van der Waals surface area contributed by atoms with E-state index in [9.17, 15) is 4.57 Å². The van der Waals surface area contributed by atoms with Gasteiger partial charge in [0.25, 0.3) is 0 Å². The maximum absolute atomic E-state index is 13.3. The van der Waals surface area contributed by atoms with Crippen LogP contribution in [0.2, 0.25) is 5.02 Å². The summed E-state index contributed by atoms with van der Waals surface area (Å²) in [7, 11) is 0.973. The van der Waals surface area contributed by atoms with Gasteiger partial charge in [0.15, 0.2) is 5.82 Å². The van der Waals surface area contributed by atoms with Crippen LogP contribution in [0.5, 0.6) is 5.75 Å². The van der Waals surface area contributed by atoms with Gasteiger partial charge >= 0.3 is 0 Å². The van der Waals surface area contributed by atoms with Gasteiger partial charge in [-0.15, -0.1) is 0 Å². The quantitative estimate of drug-likeness (QED) is 0.157. The summed E-state index contributed by atoms with van der Waals surface area (Å²) in [6, 6.07) is 12.7. The maximum Gasteiger partial charge on any atom is 0.229 e. The van der Waals surface area contributed by atoms with Crippen LogP contribution >= 0.6 is 18.7 Å². The lowest BCUT2D eigenvalue weighted by atomic mass is 10.00. The Labute approximate surface area is 275 Å². The first-order valence-corrected chi connectivity index (χ1v) is 18.3. The van der Waals surface area contributed by atoms with Crippen molar-refractivity contribution in [1.29, 1.82) is 0 Å². The molecular weight excluding hydrogens is 619 g/mol. The van der Waals surface area contributed by atoms with Crippen LogP contribution in [-0.4, -0.2) is 57.8 Å². The number of aryl methyl sites for hydroxylation is 2. The summed E-state index contributed by atoms with van der Waals surface area (Å²) in [6.07, 6.45) is 11.8. The molecule has 46 heavy (non-hydrogen) atoms. The van der Waals surface area contributed by atoms with Crippen LogP contribution in [0.25, 0.3) is 11.1 Å². The zero-order valence-corrected chi connectivity index (χ0v) is 28.7. The molecule has 1 fully saturated rings. The number of nitrogens with zero attached hydrogens (tertiary/aromatic N) is 6. The van der Waals surface area contributed by atoms with Gasteiger partial charge in [0.2, 0.25) is 5.95 Å². The standard InChI is InChI=1S/C34H40ClN8O2P/c1-22-9-10-28(32(23(22)2)46(5,6)44)38-33-27(35)20-36-34(40-33)39-29-17-26(24-19-37-41(3)21-24)30(18-31(29)45-4)43-15-11-25(12-16-43)42-13-7-8-14-42/h7-10,13-14,17-21,25H,11-12,15-16H2,1-6H3,(H2,36,38,39,40). The molecule has 1 aliphatic heterocycles. The van der Waals surface area contributed by atoms with Crippen molar-refractivity contribution < 1.29 is 9.30 Å². The highest BCUT2D eigenvalue weighted by molar-refractivity contribution is 7.70. The summed E-state index contributed by atoms with van der Waals surface area (Å²) in [6.45, 7) is 9.39. The molecular formula is C34H40ClN8O2P. The van der Waals surface area contributed by atoms with Crippen molar-refractivity contribution in [2.24, 2.45) is 7.05 Å². The molecule has 1 saturated heterocycles. The van der Waals surface area contributed by atoms with Crippen molar-refractivity contribution >= 4 is 52.9 Å². The zero-order chi connectivity index (χ0) is 32.6. The number of rotatable bonds is 9. The fourth-order valence-corrected chi connectivity index (χ4v) is 8.08. The minimum atomic E-state index is -2.61. The Balaban J connectivity index is 1.33. The van der Waals surface area contributed by atoms with E-state index in [4.69, 9.17) is 21.3 Å². The summed E-state index contributed by atoms with van der Waals surface area (Å²) < 4.78 is 23.3. The number of aromatic nitrogens is 5. The Morgan fingerprint density at radius 2 is 1.76 bits per heavy atom. The van der Waals surface area contributed by atoms with Gasteiger partial charge in [0.1, 0.15) is 17.9 Å². The van der Waals surface area contributed by atoms with E-state index < -0.39 is 7.14 Å². The molecule has 0 saturated carbocycles. The van der Waals surface area contributed by atoms with Crippen LogP contribution in [0.3, 0.4) is 0 Å². The number of ether oxygens (including phenoxy) is 1. The number of hydrogen-bond donors (Lipinski definition) is 2. The highest BCUT2D eigenvalue weighted by Crippen LogP contribution is 2.43. The van der Waals surface area contributed by atoms with Gasteiger partial charge in [-0.05, 0) is 75.4 Å². The lowest BCUT2D eigenvalue weighted by Crippen LogP contribution is -2.34. The van der Waals surface area contributed by atoms with E-state index in [1.165, 1.54) is 0 Å². The normalized spacial score (nSPS) is 14.0. The number of hydrogen-bond acceptors (Lipinski definition) is 8. The Kier molecular flexibility index (Phi) is 8.86. The molecule has 1 aliphatic rings. The molecule has 0 unspecified atom stereocenters. The number of piperidine rings is 1. The zero-order valence-electron chi connectivity index (χ0n) is 27.1. The number of benzene rings is 2. The Hall–Kier alpha value is -4.27. The minimum Gasteiger partial charge on any atom is -0.494 e. The van der Waals surface area contributed by atoms with Gasteiger partial charge in [-0.1, -0.05) is 17.7 Å². The predicted octanol–water partition coefficient (Wildman–Crippen LogP) is 7.53. The molecule has 0 radical (unpaired) electrons. The van der Waals surface area contributed by atoms with Crippen molar-refractivity contribution in [2.75, 3.05) is 49.1 Å². The average molecular weight is 659 g/mol. The predicted molar refractivity (Wildman–Crippen MR) is 189 cm³/mol. The molecule has 6 rings (SSSR count). The molecule has 10 nitrogen and oxygen atoms in total. The second-order valence-electron chi connectivity index (χ2n) is 12.2. The van der Waals surface area contributed by atoms with Crippen LogP contribution in [-0.2, 0) is 11.6 Å². The third-order valence-electron chi connectivity index (χ3n) is 8.67. The highest BCUT2D eigenvalue weighted by atomic mass is 35.5. The highest BCUT2D eigenvalue weighted by Gasteiger charge is 2.25. The monoisotopic (exact) mass is 658 g/mol. The molecule has 5 aromatic rings. The second-order valence-corrected chi connectivity index (χ2v) is 15.8. The van der Waals surface area contributed by atoms with Crippen molar-refractivity contribution in [3.8, 4) is 16.9 Å². The smallest absolute Gasteiger partial charge is 0.229 e. The molecule has 0 spiro atoms. The Bertz CT molecular complexity index is 1910. The first-order valence-electron chi connectivity index (χ1n) is 15.3. The molecule has 0 aliphatic carbocycles. The molecule has 2 N–H and O–H groups in total. The first kappa shape index (κ1) is 31.7. The number of anilines is 5. The van der Waals surface area contributed by atoms with Crippen LogP contribution in [0, 0.1) is 13.8 Å². The van der Waals surface area contributed by atoms with E-state index in [-0.39, 0.29) is 0 Å². The second kappa shape index (κ2) is 12.9. The van der Waals surface area contributed by atoms with Crippen LogP contribution in [0.4, 0.5) is 28.8 Å². The van der Waals surface area contributed by atoms with Gasteiger partial charge in [-0.2, -0.15) is 10.1 Å². The Morgan fingerprint density at radius 3 is 2.41 bits per heavy atom. The van der Waals surface area contributed by atoms with E-state index in [1.54, 1.807) is 26.6 Å². The third kappa shape index (κ3) is 6.50. The molecule has 2 aromatic carbocycles. The van der Waals surface area contributed by atoms with Crippen LogP contribution in [0.15, 0.2) is 67.4 Å². The van der Waals surface area contributed by atoms with E-state index in [0.717, 1.165) is 59.2 Å². The number of nitrogens with one attached hydrogen (secondary N) is 2. The molecule has 4 heterocycles. The summed E-state index contributed by atoms with van der Waals surface area (Å²) in [4.78, 5) is 11.6. The van der Waals surface area contributed by atoms with Crippen molar-refractivity contribution in [1.82, 2.24) is 24.3 Å². The van der Waals surface area contributed by atoms with E-state index >= 15 is 0 Å². The van der Waals surface area contributed by atoms with Gasteiger partial charge < -0.3 is 29.4 Å². The number of halogens is 1. The largest absolute Gasteiger partial charge is 0.494 e. The molecule has 0 amide bonds. The first-order chi connectivity index (χ1) is 22.0. The van der Waals surface area contributed by atoms with E-state index in [2.05, 4.69) is 66.8 Å². The molecule has 240 valence electrons. The lowest BCUT2D eigenvalue weighted by Gasteiger charge is -2.35. The summed E-state index contributed by atoms with van der Waals surface area (Å²) in [5, 5.41) is 12.3. The van der Waals surface area contributed by atoms with Crippen LogP contribution < -0.4 is 25.6 Å². The van der Waals surface area contributed by atoms with Crippen LogP contribution in [0.1, 0.15) is 30.0 Å². The minimum absolute atomic E-state index is 0.337. The molecule has 0 atom stereocenters. The fraction of sp³-hybridized carbons (Fsp3) is 0.324. The van der Waals surface area contributed by atoms with Crippen molar-refractivity contribution in [3.63, 3.8) is 0 Å². The van der Waals surface area contributed by atoms with Gasteiger partial charge in [0.05, 0.1) is 30.9 Å². The van der Waals surface area contributed by atoms with Crippen molar-refractivity contribution in [3.05, 3.63) is 83.5 Å². The molecule has 3 aromatic heterocycles. The summed E-state index contributed by atoms with van der Waals surface area (Å²) in [5.74, 6) is 1.41. The summed E-state index contributed by atoms with van der Waals surface area (Å²) in [5.41, 5.74) is 6.61. The molecule has 12 heteroatoms. The lowest BCUT2D eigenvalue weighted by molar-refractivity contribution is 0.396. The van der Waals surface area contributed by atoms with Gasteiger partial charge in [-0.3, -0.25) is 4.68 Å². The molecule has 0 bridgehead atoms. The van der Waals surface area contributed by atoms with Crippen molar-refractivity contribution in [2.45, 2.75) is 32.7 Å². The SMILES string of the molecule is COc1cc(N2CCC(n3cccc3)CC2)c(-c2cnn(C)c2)cc1Nc1ncc(Cl)c(Nc2ccc(C)c(C)c2P(C)(C)=O)n1. The maximum atomic E-state index is 13.3. The third-order valence-corrected chi connectivity index (χ3v) is 10.6. The fourth-order valence-electron chi connectivity index (χ4n) is 6.24. The topological polar surface area (TPSA) is 102 Å². The van der Waals surface area contributed by atoms with Gasteiger partial charge in [0, 0.05) is 73.0 Å².